The molecule has 1 amide bonds. The number of nitrogens with two attached hydrogens (primary N) is 1. The molecule has 1 aromatic rings. The first kappa shape index (κ1) is 17.0. The molecule has 0 spiro atoms. The van der Waals surface area contributed by atoms with E-state index in [1.807, 2.05) is 0 Å². The second-order valence-corrected chi connectivity index (χ2v) is 6.41. The van der Waals surface area contributed by atoms with Crippen LogP contribution >= 0.6 is 7.82 Å². The molecule has 1 aromatic heterocycles. The first-order chi connectivity index (χ1) is 10.2. The van der Waals surface area contributed by atoms with E-state index in [4.69, 9.17) is 10.6 Å². The monoisotopic (exact) mass is 332 g/mol. The zero-order valence-electron chi connectivity index (χ0n) is 11.5. The Kier molecular flexibility index (Phi) is 4.96. The fourth-order valence-corrected chi connectivity index (χ4v) is 2.97. The normalized spacial score (nSPS) is 30.9. The van der Waals surface area contributed by atoms with E-state index >= 15 is 0 Å². The Morgan fingerprint density at radius 2 is 2.18 bits per heavy atom. The Morgan fingerprint density at radius 1 is 1.50 bits per heavy atom. The molecular formula is C12H17N2O7P. The maximum Gasteiger partial charge on any atom is 0.265 e. The molecule has 10 heteroatoms. The first-order valence-electron chi connectivity index (χ1n) is 6.54. The smallest absolute Gasteiger partial charge is 0.265 e. The zero-order valence-corrected chi connectivity index (χ0v) is 12.4. The third-order valence-electron chi connectivity index (χ3n) is 3.71. The van der Waals surface area contributed by atoms with E-state index in [0.717, 1.165) is 0 Å². The van der Waals surface area contributed by atoms with Crippen LogP contribution in [-0.2, 0) is 9.09 Å². The highest BCUT2D eigenvalue weighted by Crippen LogP contribution is 2.37. The van der Waals surface area contributed by atoms with E-state index in [1.54, 1.807) is 12.3 Å². The second kappa shape index (κ2) is 6.41. The number of hydrogen-bond donors (Lipinski definition) is 4. The molecule has 22 heavy (non-hydrogen) atoms. The van der Waals surface area contributed by atoms with Crippen molar-refractivity contribution in [2.24, 2.45) is 11.7 Å². The van der Waals surface area contributed by atoms with Crippen LogP contribution in [0.15, 0.2) is 24.5 Å². The summed E-state index contributed by atoms with van der Waals surface area (Å²) in [5.41, 5.74) is 5.43. The van der Waals surface area contributed by atoms with Crippen LogP contribution in [0.5, 0.6) is 0 Å². The standard InChI is InChI=1S/C12H17N2O7P/c13-12(17)7-2-1-3-14(5-7)9-4-8(10(15)11(9)16)6-21-22(18,19)20/h1-3,5,8-11,15-16H,4,6H2,(H3-,13,17,18,19,20). The molecule has 0 aliphatic heterocycles. The van der Waals surface area contributed by atoms with Crippen molar-refractivity contribution in [3.05, 3.63) is 30.1 Å². The van der Waals surface area contributed by atoms with Crippen LogP contribution < -0.4 is 15.2 Å². The summed E-state index contributed by atoms with van der Waals surface area (Å²) < 4.78 is 16.4. The molecule has 5 N–H and O–H groups in total. The van der Waals surface area contributed by atoms with Gasteiger partial charge in [0, 0.05) is 18.4 Å². The predicted octanol–water partition coefficient (Wildman–Crippen LogP) is -2.17. The molecule has 2 rings (SSSR count). The highest BCUT2D eigenvalue weighted by molar-refractivity contribution is 7.44. The highest BCUT2D eigenvalue weighted by atomic mass is 31.2. The summed E-state index contributed by atoms with van der Waals surface area (Å²) in [6.45, 7) is -0.442. The fourth-order valence-electron chi connectivity index (χ4n) is 2.59. The van der Waals surface area contributed by atoms with Crippen molar-refractivity contribution < 1.29 is 38.5 Å². The van der Waals surface area contributed by atoms with Gasteiger partial charge in [0.15, 0.2) is 18.4 Å². The third kappa shape index (κ3) is 3.89. The molecule has 1 aliphatic rings. The molecule has 1 fully saturated rings. The average molecular weight is 332 g/mol. The van der Waals surface area contributed by atoms with E-state index in [-0.39, 0.29) is 12.0 Å². The van der Waals surface area contributed by atoms with Crippen LogP contribution in [0.3, 0.4) is 0 Å². The summed E-state index contributed by atoms with van der Waals surface area (Å²) in [5.74, 6) is -1.31. The van der Waals surface area contributed by atoms with Gasteiger partial charge in [-0.1, -0.05) is 0 Å². The Bertz CT molecular complexity index is 605. The molecule has 1 aliphatic carbocycles. The van der Waals surface area contributed by atoms with E-state index in [0.29, 0.717) is 0 Å². The van der Waals surface area contributed by atoms with E-state index < -0.39 is 44.5 Å². The number of hydrogen-bond acceptors (Lipinski definition) is 6. The van der Waals surface area contributed by atoms with Gasteiger partial charge in [-0.3, -0.25) is 9.36 Å². The Balaban J connectivity index is 2.14. The third-order valence-corrected chi connectivity index (χ3v) is 4.19. The quantitative estimate of drug-likeness (QED) is 0.353. The number of rotatable bonds is 5. The van der Waals surface area contributed by atoms with Crippen molar-refractivity contribution in [1.29, 1.82) is 0 Å². The lowest BCUT2D eigenvalue weighted by molar-refractivity contribution is -0.728. The molecular weight excluding hydrogens is 315 g/mol. The van der Waals surface area contributed by atoms with Gasteiger partial charge in [-0.2, -0.15) is 4.57 Å². The lowest BCUT2D eigenvalue weighted by Gasteiger charge is -2.20. The molecule has 0 radical (unpaired) electrons. The van der Waals surface area contributed by atoms with Crippen LogP contribution in [0.2, 0.25) is 0 Å². The number of carbonyl (C=O) groups excluding carboxylic acids is 1. The molecule has 0 saturated heterocycles. The van der Waals surface area contributed by atoms with Gasteiger partial charge in [-0.25, -0.2) is 0 Å². The van der Waals surface area contributed by atoms with Gasteiger partial charge < -0.3 is 30.3 Å². The van der Waals surface area contributed by atoms with Crippen molar-refractivity contribution in [2.75, 3.05) is 6.61 Å². The summed E-state index contributed by atoms with van der Waals surface area (Å²) in [4.78, 5) is 30.4. The summed E-state index contributed by atoms with van der Waals surface area (Å²) in [7, 11) is -4.89. The second-order valence-electron chi connectivity index (χ2n) is 5.21. The predicted molar refractivity (Wildman–Crippen MR) is 70.1 cm³/mol. The van der Waals surface area contributed by atoms with Gasteiger partial charge in [0.25, 0.3) is 13.7 Å². The van der Waals surface area contributed by atoms with Gasteiger partial charge in [-0.15, -0.1) is 0 Å². The van der Waals surface area contributed by atoms with Gasteiger partial charge in [-0.05, 0) is 6.07 Å². The van der Waals surface area contributed by atoms with Crippen LogP contribution in [0, 0.1) is 5.92 Å². The molecule has 5 unspecified atom stereocenters. The average Bonchev–Trinajstić information content (AvgIpc) is 2.72. The number of aliphatic hydroxyl groups is 2. The fraction of sp³-hybridized carbons (Fsp3) is 0.500. The van der Waals surface area contributed by atoms with Gasteiger partial charge in [0.2, 0.25) is 0 Å². The lowest BCUT2D eigenvalue weighted by atomic mass is 10.1. The van der Waals surface area contributed by atoms with Crippen molar-refractivity contribution in [3.8, 4) is 0 Å². The Labute approximate surface area is 126 Å². The number of aliphatic hydroxyl groups excluding tert-OH is 2. The molecule has 0 bridgehead atoms. The molecule has 0 aromatic carbocycles. The van der Waals surface area contributed by atoms with Crippen LogP contribution in [-0.4, -0.2) is 39.8 Å². The highest BCUT2D eigenvalue weighted by Gasteiger charge is 2.47. The van der Waals surface area contributed by atoms with Crippen molar-refractivity contribution in [1.82, 2.24) is 0 Å². The number of pyridine rings is 1. The summed E-state index contributed by atoms with van der Waals surface area (Å²) in [6.07, 6.45) is 0.847. The summed E-state index contributed by atoms with van der Waals surface area (Å²) >= 11 is 0. The maximum absolute atomic E-state index is 11.2. The number of aromatic nitrogens is 1. The summed E-state index contributed by atoms with van der Waals surface area (Å²) in [6, 6.07) is 2.51. The largest absolute Gasteiger partial charge is 0.756 e. The number of primary amides is 1. The van der Waals surface area contributed by atoms with E-state index in [1.165, 1.54) is 16.8 Å². The number of phosphoric ester groups is 1. The minimum atomic E-state index is -4.89. The molecule has 1 heterocycles. The number of phosphoric acid groups is 1. The Morgan fingerprint density at radius 3 is 2.77 bits per heavy atom. The van der Waals surface area contributed by atoms with Gasteiger partial charge in [0.1, 0.15) is 11.7 Å². The number of amides is 1. The van der Waals surface area contributed by atoms with Crippen LogP contribution in [0.1, 0.15) is 22.8 Å². The van der Waals surface area contributed by atoms with Gasteiger partial charge >= 0.3 is 0 Å². The van der Waals surface area contributed by atoms with Crippen LogP contribution in [0.25, 0.3) is 0 Å². The van der Waals surface area contributed by atoms with Gasteiger partial charge in [0.05, 0.1) is 12.7 Å². The van der Waals surface area contributed by atoms with Crippen LogP contribution in [0.4, 0.5) is 0 Å². The number of nitrogens with zero attached hydrogens (tertiary/aromatic N) is 1. The SMILES string of the molecule is NC(=O)c1ccc[n+](C2CC(COP(=O)([O-])O)C(O)C2O)c1. The van der Waals surface area contributed by atoms with E-state index in [2.05, 4.69) is 4.52 Å². The summed E-state index contributed by atoms with van der Waals surface area (Å²) in [5, 5.41) is 20.0. The Hall–Kier alpha value is -1.35. The maximum atomic E-state index is 11.2. The van der Waals surface area contributed by atoms with E-state index in [9.17, 15) is 24.5 Å². The molecule has 122 valence electrons. The minimum absolute atomic E-state index is 0.204. The topological polar surface area (TPSA) is 157 Å². The molecule has 1 saturated carbocycles. The molecule has 9 nitrogen and oxygen atoms in total. The number of carbonyl (C=O) groups is 1. The zero-order chi connectivity index (χ0) is 16.5. The minimum Gasteiger partial charge on any atom is -0.756 e. The molecule has 5 atom stereocenters. The lowest BCUT2D eigenvalue weighted by Crippen LogP contribution is -2.45. The van der Waals surface area contributed by atoms with Crippen molar-refractivity contribution in [2.45, 2.75) is 24.7 Å². The van der Waals surface area contributed by atoms with Crippen molar-refractivity contribution in [3.63, 3.8) is 0 Å². The first-order valence-corrected chi connectivity index (χ1v) is 8.03. The van der Waals surface area contributed by atoms with Crippen molar-refractivity contribution >= 4 is 13.7 Å².